The zero-order valence-corrected chi connectivity index (χ0v) is 12.1. The van der Waals surface area contributed by atoms with Crippen LogP contribution in [0.5, 0.6) is 0 Å². The van der Waals surface area contributed by atoms with Crippen molar-refractivity contribution >= 4 is 5.97 Å². The molecule has 0 unspecified atom stereocenters. The van der Waals surface area contributed by atoms with Gasteiger partial charge in [0.1, 0.15) is 0 Å². The van der Waals surface area contributed by atoms with Gasteiger partial charge >= 0.3 is 5.97 Å². The second-order valence-electron chi connectivity index (χ2n) is 5.44. The van der Waals surface area contributed by atoms with Gasteiger partial charge in [-0.3, -0.25) is 0 Å². The Morgan fingerprint density at radius 1 is 1.35 bits per heavy atom. The summed E-state index contributed by atoms with van der Waals surface area (Å²) in [5, 5.41) is 11.8. The quantitative estimate of drug-likeness (QED) is 0.802. The average Bonchev–Trinajstić information content (AvgIpc) is 2.88. The van der Waals surface area contributed by atoms with Crippen molar-refractivity contribution in [1.82, 2.24) is 20.2 Å². The van der Waals surface area contributed by atoms with E-state index in [9.17, 15) is 4.79 Å². The van der Waals surface area contributed by atoms with Crippen LogP contribution in [0.2, 0.25) is 0 Å². The van der Waals surface area contributed by atoms with Crippen LogP contribution in [-0.4, -0.2) is 32.8 Å². The first-order valence-corrected chi connectivity index (χ1v) is 6.50. The SMILES string of the molecule is CCOC(=O)c1cccc(-n2nnnc2C(C)(C)C)c1. The lowest BCUT2D eigenvalue weighted by Crippen LogP contribution is -2.19. The molecule has 0 atom stereocenters. The number of carbonyl (C=O) groups excluding carboxylic acids is 1. The number of benzene rings is 1. The van der Waals surface area contributed by atoms with Gasteiger partial charge in [0.25, 0.3) is 0 Å². The number of tetrazole rings is 1. The number of rotatable bonds is 3. The van der Waals surface area contributed by atoms with Crippen LogP contribution in [0.15, 0.2) is 24.3 Å². The maximum atomic E-state index is 11.8. The lowest BCUT2D eigenvalue weighted by Gasteiger charge is -2.17. The van der Waals surface area contributed by atoms with E-state index in [4.69, 9.17) is 4.74 Å². The second kappa shape index (κ2) is 5.40. The maximum Gasteiger partial charge on any atom is 0.338 e. The minimum atomic E-state index is -0.347. The van der Waals surface area contributed by atoms with Gasteiger partial charge in [0, 0.05) is 5.41 Å². The molecule has 106 valence electrons. The summed E-state index contributed by atoms with van der Waals surface area (Å²) in [6, 6.07) is 7.08. The Balaban J connectivity index is 2.42. The Bertz CT molecular complexity index is 614. The van der Waals surface area contributed by atoms with Crippen LogP contribution < -0.4 is 0 Å². The van der Waals surface area contributed by atoms with Crippen molar-refractivity contribution in [3.63, 3.8) is 0 Å². The number of hydrogen-bond donors (Lipinski definition) is 0. The normalized spacial score (nSPS) is 11.4. The van der Waals surface area contributed by atoms with Gasteiger partial charge in [-0.25, -0.2) is 4.79 Å². The molecule has 0 amide bonds. The molecule has 6 nitrogen and oxygen atoms in total. The van der Waals surface area contributed by atoms with Crippen molar-refractivity contribution in [3.8, 4) is 5.69 Å². The van der Waals surface area contributed by atoms with E-state index in [0.29, 0.717) is 12.2 Å². The monoisotopic (exact) mass is 274 g/mol. The number of esters is 1. The number of hydrogen-bond acceptors (Lipinski definition) is 5. The van der Waals surface area contributed by atoms with Crippen LogP contribution in [-0.2, 0) is 10.2 Å². The average molecular weight is 274 g/mol. The molecule has 0 fully saturated rings. The van der Waals surface area contributed by atoms with Crippen LogP contribution in [0.3, 0.4) is 0 Å². The molecule has 0 saturated heterocycles. The van der Waals surface area contributed by atoms with Crippen LogP contribution in [0.1, 0.15) is 43.9 Å². The molecule has 0 saturated carbocycles. The van der Waals surface area contributed by atoms with Crippen molar-refractivity contribution in [2.24, 2.45) is 0 Å². The number of nitrogens with zero attached hydrogens (tertiary/aromatic N) is 4. The van der Waals surface area contributed by atoms with E-state index >= 15 is 0 Å². The minimum absolute atomic E-state index is 0.191. The summed E-state index contributed by atoms with van der Waals surface area (Å²) in [6.07, 6.45) is 0. The lowest BCUT2D eigenvalue weighted by molar-refractivity contribution is 0.0526. The zero-order valence-electron chi connectivity index (χ0n) is 12.1. The van der Waals surface area contributed by atoms with Gasteiger partial charge in [0.15, 0.2) is 5.82 Å². The molecule has 0 spiro atoms. The minimum Gasteiger partial charge on any atom is -0.462 e. The van der Waals surface area contributed by atoms with Gasteiger partial charge in [0.2, 0.25) is 0 Å². The molecule has 0 N–H and O–H groups in total. The van der Waals surface area contributed by atoms with E-state index in [1.54, 1.807) is 29.8 Å². The van der Waals surface area contributed by atoms with Crippen LogP contribution in [0, 0.1) is 0 Å². The number of ether oxygens (including phenoxy) is 1. The molecule has 0 aliphatic rings. The highest BCUT2D eigenvalue weighted by atomic mass is 16.5. The van der Waals surface area contributed by atoms with Crippen molar-refractivity contribution in [1.29, 1.82) is 0 Å². The second-order valence-corrected chi connectivity index (χ2v) is 5.44. The summed E-state index contributed by atoms with van der Waals surface area (Å²) in [4.78, 5) is 11.8. The highest BCUT2D eigenvalue weighted by Gasteiger charge is 2.23. The maximum absolute atomic E-state index is 11.8. The summed E-state index contributed by atoms with van der Waals surface area (Å²) >= 11 is 0. The topological polar surface area (TPSA) is 69.9 Å². The van der Waals surface area contributed by atoms with Gasteiger partial charge in [-0.15, -0.1) is 5.10 Å². The third-order valence-corrected chi connectivity index (χ3v) is 2.74. The molecular formula is C14H18N4O2. The fraction of sp³-hybridized carbons (Fsp3) is 0.429. The highest BCUT2D eigenvalue weighted by Crippen LogP contribution is 2.22. The lowest BCUT2D eigenvalue weighted by atomic mass is 9.95. The zero-order chi connectivity index (χ0) is 14.8. The molecular weight excluding hydrogens is 256 g/mol. The summed E-state index contributed by atoms with van der Waals surface area (Å²) in [5.74, 6) is 0.387. The third-order valence-electron chi connectivity index (χ3n) is 2.74. The first-order valence-electron chi connectivity index (χ1n) is 6.50. The van der Waals surface area contributed by atoms with Crippen LogP contribution >= 0.6 is 0 Å². The summed E-state index contributed by atoms with van der Waals surface area (Å²) < 4.78 is 6.64. The number of aromatic nitrogens is 4. The fourth-order valence-electron chi connectivity index (χ4n) is 1.81. The predicted molar refractivity (Wildman–Crippen MR) is 73.8 cm³/mol. The Labute approximate surface area is 117 Å². The van der Waals surface area contributed by atoms with Crippen LogP contribution in [0.25, 0.3) is 5.69 Å². The smallest absolute Gasteiger partial charge is 0.338 e. The van der Waals surface area contributed by atoms with E-state index in [-0.39, 0.29) is 11.4 Å². The van der Waals surface area contributed by atoms with Crippen molar-refractivity contribution in [2.75, 3.05) is 6.61 Å². The van der Waals surface area contributed by atoms with Gasteiger partial charge in [-0.05, 0) is 35.5 Å². The summed E-state index contributed by atoms with van der Waals surface area (Å²) in [6.45, 7) is 8.22. The third kappa shape index (κ3) is 2.84. The molecule has 1 aromatic heterocycles. The van der Waals surface area contributed by atoms with E-state index in [2.05, 4.69) is 15.5 Å². The Kier molecular flexibility index (Phi) is 3.83. The Morgan fingerprint density at radius 2 is 2.10 bits per heavy atom. The first kappa shape index (κ1) is 14.2. The largest absolute Gasteiger partial charge is 0.462 e. The Hall–Kier alpha value is -2.24. The van der Waals surface area contributed by atoms with E-state index in [1.807, 2.05) is 26.8 Å². The molecule has 0 bridgehead atoms. The molecule has 2 rings (SSSR count). The molecule has 20 heavy (non-hydrogen) atoms. The van der Waals surface area contributed by atoms with E-state index in [1.165, 1.54) is 0 Å². The fourth-order valence-corrected chi connectivity index (χ4v) is 1.81. The summed E-state index contributed by atoms with van der Waals surface area (Å²) in [5.41, 5.74) is 1.04. The molecule has 1 aromatic carbocycles. The molecule has 6 heteroatoms. The van der Waals surface area contributed by atoms with Gasteiger partial charge < -0.3 is 4.74 Å². The Morgan fingerprint density at radius 3 is 2.75 bits per heavy atom. The number of carbonyl (C=O) groups is 1. The van der Waals surface area contributed by atoms with E-state index < -0.39 is 0 Å². The van der Waals surface area contributed by atoms with Gasteiger partial charge in [-0.2, -0.15) is 4.68 Å². The molecule has 0 aliphatic carbocycles. The molecule has 0 radical (unpaired) electrons. The summed E-state index contributed by atoms with van der Waals surface area (Å²) in [7, 11) is 0. The van der Waals surface area contributed by atoms with Crippen molar-refractivity contribution < 1.29 is 9.53 Å². The van der Waals surface area contributed by atoms with Gasteiger partial charge in [0.05, 0.1) is 17.9 Å². The predicted octanol–water partition coefficient (Wildman–Crippen LogP) is 2.14. The molecule has 0 aliphatic heterocycles. The molecule has 2 aromatic rings. The van der Waals surface area contributed by atoms with Gasteiger partial charge in [-0.1, -0.05) is 26.8 Å². The van der Waals surface area contributed by atoms with Crippen LogP contribution in [0.4, 0.5) is 0 Å². The molecule has 1 heterocycles. The standard InChI is InChI=1S/C14H18N4O2/c1-5-20-12(19)10-7-6-8-11(9-10)18-13(14(2,3)4)15-16-17-18/h6-9H,5H2,1-4H3. The van der Waals surface area contributed by atoms with E-state index in [0.717, 1.165) is 11.5 Å². The highest BCUT2D eigenvalue weighted by molar-refractivity contribution is 5.90. The van der Waals surface area contributed by atoms with Crippen molar-refractivity contribution in [3.05, 3.63) is 35.7 Å². The van der Waals surface area contributed by atoms with Crippen molar-refractivity contribution in [2.45, 2.75) is 33.1 Å². The first-order chi connectivity index (χ1) is 9.43.